The number of likely N-dealkylation sites (tertiary alicyclic amines) is 1. The molecule has 0 radical (unpaired) electrons. The molecule has 1 aromatic carbocycles. The highest BCUT2D eigenvalue weighted by Crippen LogP contribution is 2.29. The van der Waals surface area contributed by atoms with Crippen LogP contribution in [0.15, 0.2) is 18.2 Å². The molecule has 2 N–H and O–H groups in total. The summed E-state index contributed by atoms with van der Waals surface area (Å²) in [7, 11) is 0. The van der Waals surface area contributed by atoms with E-state index in [1.165, 1.54) is 0 Å². The first-order valence-electron chi connectivity index (χ1n) is 6.17. The molecular weight excluding hydrogens is 287 g/mol. The molecule has 1 aliphatic heterocycles. The van der Waals surface area contributed by atoms with Gasteiger partial charge in [-0.15, -0.1) is 0 Å². The van der Waals surface area contributed by atoms with Crippen molar-refractivity contribution in [2.75, 3.05) is 31.6 Å². The third-order valence-electron chi connectivity index (χ3n) is 3.22. The summed E-state index contributed by atoms with van der Waals surface area (Å²) in [5.74, 6) is 0.158. The minimum atomic E-state index is -0.122. The number of nitrogens with zero attached hydrogens (tertiary/aromatic N) is 1. The maximum Gasteiger partial charge on any atom is 0.238 e. The van der Waals surface area contributed by atoms with E-state index in [9.17, 15) is 4.79 Å². The number of nitrogens with one attached hydrogen (secondary N) is 1. The standard InChI is InChI=1S/C13H16Cl2N2O2/c14-10-2-1-3-11(13(10)15)16-12(19)7-17-5-4-9(6-17)8-18/h1-3,9,18H,4-8H2,(H,16,19). The molecule has 6 heteroatoms. The van der Waals surface area contributed by atoms with E-state index in [0.29, 0.717) is 22.3 Å². The van der Waals surface area contributed by atoms with Crippen molar-refractivity contribution in [1.82, 2.24) is 4.90 Å². The molecule has 1 fully saturated rings. The number of aliphatic hydroxyl groups excluding tert-OH is 1. The van der Waals surface area contributed by atoms with Crippen molar-refractivity contribution < 1.29 is 9.90 Å². The van der Waals surface area contributed by atoms with Gasteiger partial charge in [0, 0.05) is 13.2 Å². The summed E-state index contributed by atoms with van der Waals surface area (Å²) < 4.78 is 0. The van der Waals surface area contributed by atoms with Crippen molar-refractivity contribution >= 4 is 34.8 Å². The Morgan fingerprint density at radius 2 is 2.26 bits per heavy atom. The minimum absolute atomic E-state index is 0.122. The van der Waals surface area contributed by atoms with E-state index in [1.807, 2.05) is 4.90 Å². The number of benzene rings is 1. The molecule has 0 spiro atoms. The van der Waals surface area contributed by atoms with Gasteiger partial charge < -0.3 is 10.4 Å². The first-order valence-corrected chi connectivity index (χ1v) is 6.93. The largest absolute Gasteiger partial charge is 0.396 e. The topological polar surface area (TPSA) is 52.6 Å². The van der Waals surface area contributed by atoms with Gasteiger partial charge in [-0.05, 0) is 31.0 Å². The van der Waals surface area contributed by atoms with Gasteiger partial charge in [0.1, 0.15) is 0 Å². The second-order valence-corrected chi connectivity index (χ2v) is 5.51. The van der Waals surface area contributed by atoms with E-state index in [-0.39, 0.29) is 18.4 Å². The number of amides is 1. The van der Waals surface area contributed by atoms with Crippen LogP contribution in [0.4, 0.5) is 5.69 Å². The summed E-state index contributed by atoms with van der Waals surface area (Å²) in [6.07, 6.45) is 0.932. The highest BCUT2D eigenvalue weighted by atomic mass is 35.5. The van der Waals surface area contributed by atoms with Crippen molar-refractivity contribution in [1.29, 1.82) is 0 Å². The van der Waals surface area contributed by atoms with Gasteiger partial charge in [-0.2, -0.15) is 0 Å². The summed E-state index contributed by atoms with van der Waals surface area (Å²) in [5.41, 5.74) is 0.525. The Morgan fingerprint density at radius 3 is 2.95 bits per heavy atom. The maximum absolute atomic E-state index is 11.9. The van der Waals surface area contributed by atoms with Gasteiger partial charge in [0.15, 0.2) is 0 Å². The Bertz CT molecular complexity index is 468. The fraction of sp³-hybridized carbons (Fsp3) is 0.462. The number of halogens is 2. The van der Waals surface area contributed by atoms with Crippen LogP contribution in [0.2, 0.25) is 10.0 Å². The second-order valence-electron chi connectivity index (χ2n) is 4.72. The van der Waals surface area contributed by atoms with Gasteiger partial charge in [-0.25, -0.2) is 0 Å². The Labute approximate surface area is 122 Å². The molecule has 0 saturated carbocycles. The van der Waals surface area contributed by atoms with Crippen LogP contribution < -0.4 is 5.32 Å². The third kappa shape index (κ3) is 3.83. The monoisotopic (exact) mass is 302 g/mol. The van der Waals surface area contributed by atoms with E-state index >= 15 is 0 Å². The van der Waals surface area contributed by atoms with Crippen LogP contribution in [0, 0.1) is 5.92 Å². The normalized spacial score (nSPS) is 19.6. The number of aliphatic hydroxyl groups is 1. The number of hydrogen-bond donors (Lipinski definition) is 2. The molecule has 1 saturated heterocycles. The molecule has 19 heavy (non-hydrogen) atoms. The lowest BCUT2D eigenvalue weighted by atomic mass is 10.1. The van der Waals surface area contributed by atoms with E-state index < -0.39 is 0 Å². The number of carbonyl (C=O) groups is 1. The van der Waals surface area contributed by atoms with Crippen molar-refractivity contribution in [2.45, 2.75) is 6.42 Å². The van der Waals surface area contributed by atoms with Crippen LogP contribution in [0.5, 0.6) is 0 Å². The predicted molar refractivity (Wildman–Crippen MR) is 76.7 cm³/mol. The summed E-state index contributed by atoms with van der Waals surface area (Å²) in [6, 6.07) is 5.12. The molecule has 1 aliphatic rings. The quantitative estimate of drug-likeness (QED) is 0.897. The zero-order valence-electron chi connectivity index (χ0n) is 10.4. The van der Waals surface area contributed by atoms with Gasteiger partial charge in [0.2, 0.25) is 5.91 Å². The first-order chi connectivity index (χ1) is 9.10. The van der Waals surface area contributed by atoms with E-state index in [1.54, 1.807) is 18.2 Å². The summed E-state index contributed by atoms with van der Waals surface area (Å²) in [6.45, 7) is 2.08. The lowest BCUT2D eigenvalue weighted by Gasteiger charge is -2.15. The van der Waals surface area contributed by atoms with E-state index in [4.69, 9.17) is 28.3 Å². The number of carbonyl (C=O) groups excluding carboxylic acids is 1. The van der Waals surface area contributed by atoms with E-state index in [0.717, 1.165) is 19.5 Å². The van der Waals surface area contributed by atoms with Gasteiger partial charge in [0.05, 0.1) is 22.3 Å². The molecule has 1 atom stereocenters. The highest BCUT2D eigenvalue weighted by Gasteiger charge is 2.23. The van der Waals surface area contributed by atoms with Crippen LogP contribution in [0.25, 0.3) is 0 Å². The fourth-order valence-corrected chi connectivity index (χ4v) is 2.55. The Kier molecular flexibility index (Phi) is 5.05. The molecule has 1 unspecified atom stereocenters. The SMILES string of the molecule is O=C(CN1CCC(CO)C1)Nc1cccc(Cl)c1Cl. The van der Waals surface area contributed by atoms with Gasteiger partial charge in [0.25, 0.3) is 0 Å². The zero-order chi connectivity index (χ0) is 13.8. The number of anilines is 1. The Balaban J connectivity index is 1.89. The van der Waals surface area contributed by atoms with Gasteiger partial charge >= 0.3 is 0 Å². The molecule has 4 nitrogen and oxygen atoms in total. The third-order valence-corrected chi connectivity index (χ3v) is 4.04. The molecule has 1 aromatic rings. The average molecular weight is 303 g/mol. The lowest BCUT2D eigenvalue weighted by molar-refractivity contribution is -0.117. The van der Waals surface area contributed by atoms with Crippen molar-refractivity contribution in [3.63, 3.8) is 0 Å². The predicted octanol–water partition coefficient (Wildman–Crippen LogP) is 2.25. The van der Waals surface area contributed by atoms with Crippen LogP contribution in [0.3, 0.4) is 0 Å². The highest BCUT2D eigenvalue weighted by molar-refractivity contribution is 6.43. The molecular formula is C13H16Cl2N2O2. The van der Waals surface area contributed by atoms with Crippen LogP contribution in [0.1, 0.15) is 6.42 Å². The molecule has 0 aromatic heterocycles. The molecule has 1 heterocycles. The Hall–Kier alpha value is -0.810. The number of rotatable bonds is 4. The molecule has 0 aliphatic carbocycles. The average Bonchev–Trinajstić information content (AvgIpc) is 2.82. The lowest BCUT2D eigenvalue weighted by Crippen LogP contribution is -2.32. The fourth-order valence-electron chi connectivity index (χ4n) is 2.20. The van der Waals surface area contributed by atoms with Gasteiger partial charge in [-0.3, -0.25) is 9.69 Å². The van der Waals surface area contributed by atoms with Gasteiger partial charge in [-0.1, -0.05) is 29.3 Å². The van der Waals surface area contributed by atoms with Crippen molar-refractivity contribution in [3.8, 4) is 0 Å². The number of hydrogen-bond acceptors (Lipinski definition) is 3. The molecule has 0 bridgehead atoms. The van der Waals surface area contributed by atoms with Crippen LogP contribution in [-0.4, -0.2) is 42.2 Å². The summed E-state index contributed by atoms with van der Waals surface area (Å²) in [5, 5.41) is 12.6. The van der Waals surface area contributed by atoms with Crippen LogP contribution >= 0.6 is 23.2 Å². The first kappa shape index (κ1) is 14.6. The Morgan fingerprint density at radius 1 is 1.47 bits per heavy atom. The zero-order valence-corrected chi connectivity index (χ0v) is 11.9. The molecule has 2 rings (SSSR count). The molecule has 1 amide bonds. The molecule has 104 valence electrons. The summed E-state index contributed by atoms with van der Waals surface area (Å²) >= 11 is 11.9. The van der Waals surface area contributed by atoms with Crippen LogP contribution in [-0.2, 0) is 4.79 Å². The van der Waals surface area contributed by atoms with Crippen molar-refractivity contribution in [3.05, 3.63) is 28.2 Å². The minimum Gasteiger partial charge on any atom is -0.396 e. The maximum atomic E-state index is 11.9. The smallest absolute Gasteiger partial charge is 0.238 e. The second kappa shape index (κ2) is 6.57. The van der Waals surface area contributed by atoms with E-state index in [2.05, 4.69) is 5.32 Å². The van der Waals surface area contributed by atoms with Crippen molar-refractivity contribution in [2.24, 2.45) is 5.92 Å². The summed E-state index contributed by atoms with van der Waals surface area (Å²) in [4.78, 5) is 13.9.